The van der Waals surface area contributed by atoms with E-state index in [1.165, 1.54) is 6.20 Å². The van der Waals surface area contributed by atoms with Crippen molar-refractivity contribution in [2.24, 2.45) is 0 Å². The smallest absolute Gasteiger partial charge is 0.258 e. The normalized spacial score (nSPS) is 10.7. The molecule has 7 heteroatoms. The molecule has 0 aromatic carbocycles. The third-order valence-electron chi connectivity index (χ3n) is 2.72. The van der Waals surface area contributed by atoms with E-state index in [9.17, 15) is 8.78 Å². The molecular weight excluding hydrogens is 278 g/mol. The summed E-state index contributed by atoms with van der Waals surface area (Å²) >= 11 is 0. The standard InChI is InChI=1S/C14H18F2N4O/c1-3-5-17-13-11(15)7-12(16)14(19-13)21-10-8-18-20(9-10)6-4-2/h7-9H,3-6H2,1-2H3,(H,17,19). The fourth-order valence-corrected chi connectivity index (χ4v) is 1.75. The van der Waals surface area contributed by atoms with Crippen LogP contribution in [-0.4, -0.2) is 21.3 Å². The Morgan fingerprint density at radius 2 is 2.05 bits per heavy atom. The Labute approximate surface area is 121 Å². The van der Waals surface area contributed by atoms with Crippen LogP contribution in [0.15, 0.2) is 18.5 Å². The highest BCUT2D eigenvalue weighted by Crippen LogP contribution is 2.25. The van der Waals surface area contributed by atoms with Gasteiger partial charge in [-0.05, 0) is 12.8 Å². The molecule has 0 aliphatic carbocycles. The number of aryl methyl sites for hydroxylation is 1. The van der Waals surface area contributed by atoms with Gasteiger partial charge in [-0.15, -0.1) is 0 Å². The lowest BCUT2D eigenvalue weighted by molar-refractivity contribution is 0.417. The van der Waals surface area contributed by atoms with E-state index in [0.29, 0.717) is 12.3 Å². The summed E-state index contributed by atoms with van der Waals surface area (Å²) in [5.74, 6) is -1.52. The van der Waals surface area contributed by atoms with Crippen molar-refractivity contribution in [1.82, 2.24) is 14.8 Å². The van der Waals surface area contributed by atoms with E-state index in [-0.39, 0.29) is 11.7 Å². The Balaban J connectivity index is 2.17. The second kappa shape index (κ2) is 7.01. The summed E-state index contributed by atoms with van der Waals surface area (Å²) in [5.41, 5.74) is 0. The van der Waals surface area contributed by atoms with E-state index in [4.69, 9.17) is 4.74 Å². The number of aromatic nitrogens is 3. The highest BCUT2D eigenvalue weighted by atomic mass is 19.1. The maximum atomic E-state index is 13.7. The van der Waals surface area contributed by atoms with Crippen molar-refractivity contribution in [3.05, 3.63) is 30.1 Å². The molecule has 5 nitrogen and oxygen atoms in total. The van der Waals surface area contributed by atoms with Crippen molar-refractivity contribution in [1.29, 1.82) is 0 Å². The second-order valence-corrected chi connectivity index (χ2v) is 4.57. The Morgan fingerprint density at radius 1 is 1.24 bits per heavy atom. The minimum atomic E-state index is -0.849. The molecule has 2 heterocycles. The average Bonchev–Trinajstić information content (AvgIpc) is 2.88. The summed E-state index contributed by atoms with van der Waals surface area (Å²) in [6, 6.07) is 0.761. The third-order valence-corrected chi connectivity index (χ3v) is 2.72. The highest BCUT2D eigenvalue weighted by molar-refractivity contribution is 5.40. The second-order valence-electron chi connectivity index (χ2n) is 4.57. The van der Waals surface area contributed by atoms with Crippen molar-refractivity contribution in [2.45, 2.75) is 33.2 Å². The van der Waals surface area contributed by atoms with Crippen molar-refractivity contribution >= 4 is 5.82 Å². The van der Waals surface area contributed by atoms with Gasteiger partial charge in [0.05, 0.1) is 12.4 Å². The van der Waals surface area contributed by atoms with Gasteiger partial charge in [0.1, 0.15) is 0 Å². The molecule has 0 unspecified atom stereocenters. The topological polar surface area (TPSA) is 52.0 Å². The van der Waals surface area contributed by atoms with E-state index >= 15 is 0 Å². The van der Waals surface area contributed by atoms with Crippen LogP contribution in [0.5, 0.6) is 11.6 Å². The number of hydrogen-bond acceptors (Lipinski definition) is 4. The predicted octanol–water partition coefficient (Wildman–Crippen LogP) is 3.58. The molecule has 2 aromatic heterocycles. The van der Waals surface area contributed by atoms with Crippen LogP contribution in [0.3, 0.4) is 0 Å². The zero-order chi connectivity index (χ0) is 15.2. The molecule has 0 aliphatic heterocycles. The third kappa shape index (κ3) is 3.90. The first-order chi connectivity index (χ1) is 10.1. The quantitative estimate of drug-likeness (QED) is 0.848. The van der Waals surface area contributed by atoms with Crippen LogP contribution in [0.2, 0.25) is 0 Å². The highest BCUT2D eigenvalue weighted by Gasteiger charge is 2.14. The maximum absolute atomic E-state index is 13.7. The minimum absolute atomic E-state index is 0.0193. The van der Waals surface area contributed by atoms with Gasteiger partial charge in [-0.25, -0.2) is 8.78 Å². The number of pyridine rings is 1. The summed E-state index contributed by atoms with van der Waals surface area (Å²) in [6.45, 7) is 5.25. The molecule has 0 fully saturated rings. The Morgan fingerprint density at radius 3 is 2.76 bits per heavy atom. The number of nitrogens with one attached hydrogen (secondary N) is 1. The van der Waals surface area contributed by atoms with Crippen molar-refractivity contribution in [3.63, 3.8) is 0 Å². The molecule has 1 N–H and O–H groups in total. The van der Waals surface area contributed by atoms with E-state index in [1.807, 2.05) is 13.8 Å². The number of hydrogen-bond donors (Lipinski definition) is 1. The Bertz CT molecular complexity index is 601. The lowest BCUT2D eigenvalue weighted by Crippen LogP contribution is -2.06. The van der Waals surface area contributed by atoms with Gasteiger partial charge >= 0.3 is 0 Å². The van der Waals surface area contributed by atoms with E-state index < -0.39 is 11.6 Å². The lowest BCUT2D eigenvalue weighted by atomic mass is 10.4. The van der Waals surface area contributed by atoms with E-state index in [0.717, 1.165) is 25.5 Å². The lowest BCUT2D eigenvalue weighted by Gasteiger charge is -2.08. The van der Waals surface area contributed by atoms with Crippen molar-refractivity contribution < 1.29 is 13.5 Å². The molecule has 0 saturated heterocycles. The fourth-order valence-electron chi connectivity index (χ4n) is 1.75. The van der Waals surface area contributed by atoms with Gasteiger partial charge in [0, 0.05) is 19.2 Å². The summed E-state index contributed by atoms with van der Waals surface area (Å²) in [4.78, 5) is 3.84. The maximum Gasteiger partial charge on any atom is 0.258 e. The van der Waals surface area contributed by atoms with Crippen LogP contribution < -0.4 is 10.1 Å². The minimum Gasteiger partial charge on any atom is -0.433 e. The predicted molar refractivity (Wildman–Crippen MR) is 75.5 cm³/mol. The first kappa shape index (κ1) is 15.2. The van der Waals surface area contributed by atoms with E-state index in [2.05, 4.69) is 15.4 Å². The molecule has 0 atom stereocenters. The molecule has 0 saturated carbocycles. The van der Waals surface area contributed by atoms with E-state index in [1.54, 1.807) is 10.9 Å². The van der Waals surface area contributed by atoms with Crippen molar-refractivity contribution in [3.8, 4) is 11.6 Å². The number of halogens is 2. The largest absolute Gasteiger partial charge is 0.433 e. The number of nitrogens with zero attached hydrogens (tertiary/aromatic N) is 3. The molecule has 0 spiro atoms. The van der Waals surface area contributed by atoms with Crippen LogP contribution in [0, 0.1) is 11.6 Å². The van der Waals surface area contributed by atoms with Gasteiger partial charge in [-0.1, -0.05) is 13.8 Å². The summed E-state index contributed by atoms with van der Waals surface area (Å²) < 4.78 is 34.3. The molecule has 0 aliphatic rings. The first-order valence-corrected chi connectivity index (χ1v) is 6.94. The van der Waals surface area contributed by atoms with Gasteiger partial charge in [0.2, 0.25) is 0 Å². The van der Waals surface area contributed by atoms with Crippen LogP contribution in [0.4, 0.5) is 14.6 Å². The molecule has 0 radical (unpaired) electrons. The number of anilines is 1. The summed E-state index contributed by atoms with van der Waals surface area (Å²) in [7, 11) is 0. The van der Waals surface area contributed by atoms with Crippen LogP contribution in [0.1, 0.15) is 26.7 Å². The zero-order valence-corrected chi connectivity index (χ0v) is 12.1. The SMILES string of the molecule is CCCNc1nc(Oc2cnn(CCC)c2)c(F)cc1F. The Kier molecular flexibility index (Phi) is 5.08. The Hall–Kier alpha value is -2.18. The monoisotopic (exact) mass is 296 g/mol. The van der Waals surface area contributed by atoms with Gasteiger partial charge in [-0.2, -0.15) is 10.1 Å². The molecule has 0 amide bonds. The average molecular weight is 296 g/mol. The summed E-state index contributed by atoms with van der Waals surface area (Å²) in [5, 5.41) is 6.86. The van der Waals surface area contributed by atoms with Crippen LogP contribution in [0.25, 0.3) is 0 Å². The molecule has 114 valence electrons. The molecule has 21 heavy (non-hydrogen) atoms. The van der Waals surface area contributed by atoms with Gasteiger partial charge < -0.3 is 10.1 Å². The molecular formula is C14H18F2N4O. The fraction of sp³-hybridized carbons (Fsp3) is 0.429. The van der Waals surface area contributed by atoms with Crippen LogP contribution >= 0.6 is 0 Å². The van der Waals surface area contributed by atoms with Gasteiger partial charge in [0.15, 0.2) is 23.2 Å². The summed E-state index contributed by atoms with van der Waals surface area (Å²) in [6.07, 6.45) is 4.85. The van der Waals surface area contributed by atoms with Crippen molar-refractivity contribution in [2.75, 3.05) is 11.9 Å². The first-order valence-electron chi connectivity index (χ1n) is 6.94. The van der Waals surface area contributed by atoms with Gasteiger partial charge in [-0.3, -0.25) is 4.68 Å². The molecule has 2 rings (SSSR count). The van der Waals surface area contributed by atoms with Crippen LogP contribution in [-0.2, 0) is 6.54 Å². The molecule has 2 aromatic rings. The number of ether oxygens (including phenoxy) is 1. The van der Waals surface area contributed by atoms with Gasteiger partial charge in [0.25, 0.3) is 5.88 Å². The molecule has 0 bridgehead atoms. The number of rotatable bonds is 7. The zero-order valence-electron chi connectivity index (χ0n) is 12.1.